The van der Waals surface area contributed by atoms with E-state index in [4.69, 9.17) is 0 Å². The Morgan fingerprint density at radius 2 is 2.13 bits per heavy atom. The monoisotopic (exact) mass is 245 g/mol. The number of rotatable bonds is 6. The molecule has 0 saturated carbocycles. The molecular weight excluding hydrogens is 230 g/mol. The second kappa shape index (κ2) is 6.12. The Bertz CT molecular complexity index is 376. The topological polar surface area (TPSA) is 47.0 Å². The summed E-state index contributed by atoms with van der Waals surface area (Å²) in [6, 6.07) is 5.83. The molecule has 3 nitrogen and oxygen atoms in total. The van der Waals surface area contributed by atoms with Gasteiger partial charge in [0.1, 0.15) is 9.84 Å². The van der Waals surface area contributed by atoms with E-state index in [1.807, 2.05) is 18.2 Å². The highest BCUT2D eigenvalue weighted by atomic mass is 32.2. The zero-order chi connectivity index (χ0) is 11.1. The Morgan fingerprint density at radius 1 is 1.33 bits per heavy atom. The molecular formula is C10H15NO2S2. The molecule has 0 aromatic carbocycles. The van der Waals surface area contributed by atoms with Crippen LogP contribution in [0.2, 0.25) is 0 Å². The molecule has 0 aliphatic carbocycles. The van der Waals surface area contributed by atoms with Crippen LogP contribution in [0.3, 0.4) is 0 Å². The summed E-state index contributed by atoms with van der Waals surface area (Å²) in [6.45, 7) is 0. The van der Waals surface area contributed by atoms with Gasteiger partial charge in [-0.05, 0) is 24.3 Å². The van der Waals surface area contributed by atoms with Crippen LogP contribution in [0.4, 0.5) is 0 Å². The SMILES string of the molecule is CS(=O)(=O)CCSCCc1ccccn1. The molecule has 0 N–H and O–H groups in total. The largest absolute Gasteiger partial charge is 0.261 e. The molecule has 1 aromatic rings. The normalized spacial score (nSPS) is 11.5. The molecule has 1 rings (SSSR count). The number of aromatic nitrogens is 1. The van der Waals surface area contributed by atoms with E-state index >= 15 is 0 Å². The van der Waals surface area contributed by atoms with Crippen molar-refractivity contribution < 1.29 is 8.42 Å². The summed E-state index contributed by atoms with van der Waals surface area (Å²) in [5, 5.41) is 0. The molecule has 1 heterocycles. The van der Waals surface area contributed by atoms with E-state index < -0.39 is 9.84 Å². The maximum Gasteiger partial charge on any atom is 0.148 e. The zero-order valence-corrected chi connectivity index (χ0v) is 10.4. The Kier molecular flexibility index (Phi) is 5.11. The lowest BCUT2D eigenvalue weighted by Gasteiger charge is -2.00. The third-order valence-electron chi connectivity index (χ3n) is 1.83. The van der Waals surface area contributed by atoms with Crippen molar-refractivity contribution in [3.8, 4) is 0 Å². The van der Waals surface area contributed by atoms with Crippen molar-refractivity contribution in [1.82, 2.24) is 4.98 Å². The van der Waals surface area contributed by atoms with Crippen LogP contribution in [-0.2, 0) is 16.3 Å². The number of nitrogens with zero attached hydrogens (tertiary/aromatic N) is 1. The highest BCUT2D eigenvalue weighted by Gasteiger charge is 2.01. The third kappa shape index (κ3) is 6.52. The van der Waals surface area contributed by atoms with Gasteiger partial charge in [0, 0.05) is 23.9 Å². The highest BCUT2D eigenvalue weighted by molar-refractivity contribution is 8.00. The van der Waals surface area contributed by atoms with Crippen molar-refractivity contribution in [1.29, 1.82) is 0 Å². The molecule has 0 atom stereocenters. The number of hydrogen-bond acceptors (Lipinski definition) is 4. The first-order valence-corrected chi connectivity index (χ1v) is 7.95. The molecule has 0 fully saturated rings. The van der Waals surface area contributed by atoms with Gasteiger partial charge in [0.05, 0.1) is 5.75 Å². The average Bonchev–Trinajstić information content (AvgIpc) is 2.17. The zero-order valence-electron chi connectivity index (χ0n) is 8.72. The van der Waals surface area contributed by atoms with Crippen LogP contribution in [0.15, 0.2) is 24.4 Å². The second-order valence-corrected chi connectivity index (χ2v) is 6.80. The van der Waals surface area contributed by atoms with Crippen molar-refractivity contribution in [3.63, 3.8) is 0 Å². The van der Waals surface area contributed by atoms with Crippen LogP contribution in [0.25, 0.3) is 0 Å². The molecule has 5 heteroatoms. The van der Waals surface area contributed by atoms with Crippen molar-refractivity contribution in [2.24, 2.45) is 0 Å². The molecule has 1 aromatic heterocycles. The summed E-state index contributed by atoms with van der Waals surface area (Å²) in [5.41, 5.74) is 1.06. The van der Waals surface area contributed by atoms with Gasteiger partial charge in [0.15, 0.2) is 0 Å². The number of hydrogen-bond donors (Lipinski definition) is 0. The van der Waals surface area contributed by atoms with E-state index in [-0.39, 0.29) is 5.75 Å². The Balaban J connectivity index is 2.13. The van der Waals surface area contributed by atoms with Crippen molar-refractivity contribution in [2.75, 3.05) is 23.5 Å². The Morgan fingerprint density at radius 3 is 2.73 bits per heavy atom. The number of pyridine rings is 1. The molecule has 0 unspecified atom stereocenters. The van der Waals surface area contributed by atoms with Gasteiger partial charge in [-0.1, -0.05) is 6.07 Å². The van der Waals surface area contributed by atoms with E-state index in [1.54, 1.807) is 18.0 Å². The first-order valence-electron chi connectivity index (χ1n) is 4.73. The molecule has 0 radical (unpaired) electrons. The smallest absolute Gasteiger partial charge is 0.148 e. The van der Waals surface area contributed by atoms with Crippen LogP contribution >= 0.6 is 11.8 Å². The molecule has 0 aliphatic rings. The summed E-state index contributed by atoms with van der Waals surface area (Å²) >= 11 is 1.66. The number of thioether (sulfide) groups is 1. The Labute approximate surface area is 95.2 Å². The van der Waals surface area contributed by atoms with Gasteiger partial charge >= 0.3 is 0 Å². The number of aryl methyl sites for hydroxylation is 1. The molecule has 15 heavy (non-hydrogen) atoms. The minimum absolute atomic E-state index is 0.264. The summed E-state index contributed by atoms with van der Waals surface area (Å²) in [6.07, 6.45) is 3.94. The predicted molar refractivity (Wildman–Crippen MR) is 65.0 cm³/mol. The van der Waals surface area contributed by atoms with Crippen LogP contribution in [-0.4, -0.2) is 36.9 Å². The van der Waals surface area contributed by atoms with Crippen LogP contribution < -0.4 is 0 Å². The van der Waals surface area contributed by atoms with Gasteiger partial charge in [-0.15, -0.1) is 0 Å². The second-order valence-electron chi connectivity index (χ2n) is 3.31. The summed E-state index contributed by atoms with van der Waals surface area (Å²) in [4.78, 5) is 4.19. The van der Waals surface area contributed by atoms with E-state index in [9.17, 15) is 8.42 Å². The lowest BCUT2D eigenvalue weighted by atomic mass is 10.3. The van der Waals surface area contributed by atoms with E-state index in [2.05, 4.69) is 4.98 Å². The first kappa shape index (κ1) is 12.5. The van der Waals surface area contributed by atoms with E-state index in [1.165, 1.54) is 6.26 Å². The van der Waals surface area contributed by atoms with E-state index in [0.717, 1.165) is 17.9 Å². The van der Waals surface area contributed by atoms with Crippen molar-refractivity contribution in [3.05, 3.63) is 30.1 Å². The van der Waals surface area contributed by atoms with Crippen LogP contribution in [0.5, 0.6) is 0 Å². The minimum atomic E-state index is -2.81. The van der Waals surface area contributed by atoms with Gasteiger partial charge in [0.25, 0.3) is 0 Å². The molecule has 0 aliphatic heterocycles. The maximum absolute atomic E-state index is 10.8. The van der Waals surface area contributed by atoms with Gasteiger partial charge in [0.2, 0.25) is 0 Å². The first-order chi connectivity index (χ1) is 7.08. The summed E-state index contributed by atoms with van der Waals surface area (Å²) < 4.78 is 21.7. The van der Waals surface area contributed by atoms with Gasteiger partial charge in [-0.25, -0.2) is 8.42 Å². The van der Waals surface area contributed by atoms with Gasteiger partial charge in [-0.2, -0.15) is 11.8 Å². The van der Waals surface area contributed by atoms with Crippen LogP contribution in [0, 0.1) is 0 Å². The predicted octanol–water partition coefficient (Wildman–Crippen LogP) is 1.40. The molecule has 0 bridgehead atoms. The fraction of sp³-hybridized carbons (Fsp3) is 0.500. The van der Waals surface area contributed by atoms with Gasteiger partial charge < -0.3 is 0 Å². The molecule has 84 valence electrons. The van der Waals surface area contributed by atoms with Crippen molar-refractivity contribution >= 4 is 21.6 Å². The fourth-order valence-corrected chi connectivity index (χ4v) is 3.28. The van der Waals surface area contributed by atoms with Crippen molar-refractivity contribution in [2.45, 2.75) is 6.42 Å². The average molecular weight is 245 g/mol. The third-order valence-corrected chi connectivity index (χ3v) is 4.02. The molecule has 0 saturated heterocycles. The number of sulfone groups is 1. The van der Waals surface area contributed by atoms with E-state index in [0.29, 0.717) is 5.75 Å². The minimum Gasteiger partial charge on any atom is -0.261 e. The Hall–Kier alpha value is -0.550. The maximum atomic E-state index is 10.8. The standard InChI is InChI=1S/C10H15NO2S2/c1-15(12,13)9-8-14-7-5-10-4-2-3-6-11-10/h2-4,6H,5,7-9H2,1H3. The van der Waals surface area contributed by atoms with Crippen LogP contribution in [0.1, 0.15) is 5.69 Å². The lowest BCUT2D eigenvalue weighted by Crippen LogP contribution is -2.05. The van der Waals surface area contributed by atoms with Gasteiger partial charge in [-0.3, -0.25) is 4.98 Å². The summed E-state index contributed by atoms with van der Waals surface area (Å²) in [5.74, 6) is 1.86. The molecule has 0 amide bonds. The molecule has 0 spiro atoms. The highest BCUT2D eigenvalue weighted by Crippen LogP contribution is 2.05. The summed E-state index contributed by atoms with van der Waals surface area (Å²) in [7, 11) is -2.81. The lowest BCUT2D eigenvalue weighted by molar-refractivity contribution is 0.603. The quantitative estimate of drug-likeness (QED) is 0.711. The fourth-order valence-electron chi connectivity index (χ4n) is 1.04.